The molecule has 0 unspecified atom stereocenters. The average Bonchev–Trinajstić information content (AvgIpc) is 2.80. The number of hydrogen-bond acceptors (Lipinski definition) is 5. The van der Waals surface area contributed by atoms with Crippen LogP contribution >= 0.6 is 0 Å². The van der Waals surface area contributed by atoms with Crippen molar-refractivity contribution in [2.24, 2.45) is 0 Å². The lowest BCUT2D eigenvalue weighted by atomic mass is 10.0. The number of aromatic nitrogens is 2. The highest BCUT2D eigenvalue weighted by Crippen LogP contribution is 2.23. The third-order valence-corrected chi connectivity index (χ3v) is 5.73. The summed E-state index contributed by atoms with van der Waals surface area (Å²) in [4.78, 5) is 17.0. The third-order valence-electron chi connectivity index (χ3n) is 5.73. The van der Waals surface area contributed by atoms with Crippen molar-refractivity contribution in [3.05, 3.63) is 66.2 Å². The van der Waals surface area contributed by atoms with E-state index in [9.17, 15) is 4.79 Å². The molecule has 1 aliphatic heterocycles. The molecule has 1 fully saturated rings. The number of benzene rings is 2. The molecule has 0 spiro atoms. The molecule has 32 heavy (non-hydrogen) atoms. The summed E-state index contributed by atoms with van der Waals surface area (Å²) in [6.07, 6.45) is 0. The minimum Gasteiger partial charge on any atom is -0.353 e. The predicted octanol–water partition coefficient (Wildman–Crippen LogP) is 4.66. The fourth-order valence-corrected chi connectivity index (χ4v) is 3.68. The molecular weight excluding hydrogens is 400 g/mol. The molecule has 4 rings (SSSR count). The van der Waals surface area contributed by atoms with E-state index in [1.807, 2.05) is 60.7 Å². The number of hydrogen-bond donors (Lipinski definition) is 2. The van der Waals surface area contributed by atoms with E-state index in [0.29, 0.717) is 11.6 Å². The molecule has 1 aliphatic rings. The van der Waals surface area contributed by atoms with Gasteiger partial charge in [0.1, 0.15) is 0 Å². The van der Waals surface area contributed by atoms with Crippen LogP contribution in [0.5, 0.6) is 0 Å². The number of piperazine rings is 1. The summed E-state index contributed by atoms with van der Waals surface area (Å²) in [5.41, 5.74) is 4.37. The van der Waals surface area contributed by atoms with E-state index in [-0.39, 0.29) is 6.03 Å². The summed E-state index contributed by atoms with van der Waals surface area (Å²) in [6, 6.07) is 19.2. The Morgan fingerprint density at radius 1 is 0.875 bits per heavy atom. The van der Waals surface area contributed by atoms with Gasteiger partial charge in [0.25, 0.3) is 0 Å². The van der Waals surface area contributed by atoms with Crippen molar-refractivity contribution in [2.45, 2.75) is 19.8 Å². The fourth-order valence-electron chi connectivity index (χ4n) is 3.68. The number of likely N-dealkylation sites (N-methyl/N-ethyl adjacent to an activating group) is 1. The Kier molecular flexibility index (Phi) is 6.66. The first kappa shape index (κ1) is 21.8. The van der Waals surface area contributed by atoms with Gasteiger partial charge in [-0.1, -0.05) is 38.1 Å². The summed E-state index contributed by atoms with van der Waals surface area (Å²) in [7, 11) is 2.13. The van der Waals surface area contributed by atoms with Crippen LogP contribution in [0.3, 0.4) is 0 Å². The van der Waals surface area contributed by atoms with Gasteiger partial charge in [-0.15, -0.1) is 10.2 Å². The number of amides is 2. The van der Waals surface area contributed by atoms with E-state index in [1.54, 1.807) is 0 Å². The van der Waals surface area contributed by atoms with Gasteiger partial charge in [0.2, 0.25) is 0 Å². The smallest absolute Gasteiger partial charge is 0.323 e. The first-order valence-corrected chi connectivity index (χ1v) is 11.0. The van der Waals surface area contributed by atoms with E-state index in [4.69, 9.17) is 0 Å². The van der Waals surface area contributed by atoms with Gasteiger partial charge in [-0.25, -0.2) is 4.79 Å². The predicted molar refractivity (Wildman–Crippen MR) is 130 cm³/mol. The van der Waals surface area contributed by atoms with Gasteiger partial charge in [0.15, 0.2) is 5.82 Å². The summed E-state index contributed by atoms with van der Waals surface area (Å²) >= 11 is 0. The molecular formula is C25H30N6O. The Labute approximate surface area is 189 Å². The molecule has 1 saturated heterocycles. The summed E-state index contributed by atoms with van der Waals surface area (Å²) in [5, 5.41) is 14.6. The zero-order valence-corrected chi connectivity index (χ0v) is 18.9. The van der Waals surface area contributed by atoms with Crippen molar-refractivity contribution in [3.63, 3.8) is 0 Å². The van der Waals surface area contributed by atoms with Crippen LogP contribution in [0, 0.1) is 0 Å². The monoisotopic (exact) mass is 430 g/mol. The van der Waals surface area contributed by atoms with Crippen LogP contribution in [0.25, 0.3) is 11.3 Å². The zero-order chi connectivity index (χ0) is 22.5. The lowest BCUT2D eigenvalue weighted by molar-refractivity contribution is 0.262. The number of rotatable bonds is 5. The van der Waals surface area contributed by atoms with Crippen molar-refractivity contribution >= 4 is 23.2 Å². The summed E-state index contributed by atoms with van der Waals surface area (Å²) in [6.45, 7) is 8.26. The highest BCUT2D eigenvalue weighted by molar-refractivity contribution is 6.00. The second-order valence-corrected chi connectivity index (χ2v) is 8.50. The van der Waals surface area contributed by atoms with E-state index in [2.05, 4.69) is 51.5 Å². The minimum absolute atomic E-state index is 0.282. The van der Waals surface area contributed by atoms with Crippen LogP contribution in [-0.4, -0.2) is 54.4 Å². The van der Waals surface area contributed by atoms with Crippen molar-refractivity contribution in [2.75, 3.05) is 48.8 Å². The van der Waals surface area contributed by atoms with Crippen LogP contribution in [0.1, 0.15) is 25.3 Å². The highest BCUT2D eigenvalue weighted by Gasteiger charge is 2.16. The molecule has 2 N–H and O–H groups in total. The van der Waals surface area contributed by atoms with Crippen molar-refractivity contribution in [1.82, 2.24) is 15.1 Å². The molecule has 2 aromatic carbocycles. The number of anilines is 3. The quantitative estimate of drug-likeness (QED) is 0.616. The summed E-state index contributed by atoms with van der Waals surface area (Å²) in [5.74, 6) is 1.36. The van der Waals surface area contributed by atoms with E-state index in [1.165, 1.54) is 5.56 Å². The van der Waals surface area contributed by atoms with Crippen LogP contribution in [0.15, 0.2) is 60.7 Å². The molecule has 3 aromatic rings. The zero-order valence-electron chi connectivity index (χ0n) is 18.9. The van der Waals surface area contributed by atoms with E-state index >= 15 is 0 Å². The maximum atomic E-state index is 12.4. The Hall–Kier alpha value is -3.45. The number of nitrogens with zero attached hydrogens (tertiary/aromatic N) is 4. The normalized spacial score (nSPS) is 14.4. The lowest BCUT2D eigenvalue weighted by Gasteiger charge is -2.32. The SMILES string of the molecule is CC(C)c1ccc(NC(=O)Nc2cccc(-c3ccc(N4CCN(C)CC4)nn3)c2)cc1. The molecule has 0 saturated carbocycles. The minimum atomic E-state index is -0.282. The largest absolute Gasteiger partial charge is 0.353 e. The molecule has 166 valence electrons. The molecule has 0 atom stereocenters. The molecule has 0 aliphatic carbocycles. The molecule has 1 aromatic heterocycles. The topological polar surface area (TPSA) is 73.4 Å². The van der Waals surface area contributed by atoms with Gasteiger partial charge in [0, 0.05) is 43.1 Å². The van der Waals surface area contributed by atoms with Gasteiger partial charge >= 0.3 is 6.03 Å². The molecule has 2 heterocycles. The Bertz CT molecular complexity index is 1040. The van der Waals surface area contributed by atoms with Gasteiger partial charge < -0.3 is 20.4 Å². The third kappa shape index (κ3) is 5.42. The fraction of sp³-hybridized carbons (Fsp3) is 0.320. The van der Waals surface area contributed by atoms with Crippen LogP contribution < -0.4 is 15.5 Å². The Morgan fingerprint density at radius 2 is 1.59 bits per heavy atom. The highest BCUT2D eigenvalue weighted by atomic mass is 16.2. The average molecular weight is 431 g/mol. The van der Waals surface area contributed by atoms with Gasteiger partial charge in [0.05, 0.1) is 5.69 Å². The second kappa shape index (κ2) is 9.78. The molecule has 2 amide bonds. The number of nitrogens with one attached hydrogen (secondary N) is 2. The standard InChI is InChI=1S/C25H30N6O/c1-18(2)19-7-9-21(10-8-19)26-25(32)27-22-6-4-5-20(17-22)23-11-12-24(29-28-23)31-15-13-30(3)14-16-31/h4-12,17-18H,13-16H2,1-3H3,(H2,26,27,32). The van der Waals surface area contributed by atoms with Crippen molar-refractivity contribution in [1.29, 1.82) is 0 Å². The van der Waals surface area contributed by atoms with Gasteiger partial charge in [-0.3, -0.25) is 0 Å². The van der Waals surface area contributed by atoms with Gasteiger partial charge in [-0.05, 0) is 54.9 Å². The van der Waals surface area contributed by atoms with Crippen LogP contribution in [0.2, 0.25) is 0 Å². The second-order valence-electron chi connectivity index (χ2n) is 8.50. The Balaban J connectivity index is 1.39. The maximum Gasteiger partial charge on any atom is 0.323 e. The molecule has 7 heteroatoms. The van der Waals surface area contributed by atoms with Crippen molar-refractivity contribution < 1.29 is 4.79 Å². The summed E-state index contributed by atoms with van der Waals surface area (Å²) < 4.78 is 0. The Morgan fingerprint density at radius 3 is 2.25 bits per heavy atom. The number of urea groups is 1. The van der Waals surface area contributed by atoms with E-state index < -0.39 is 0 Å². The maximum absolute atomic E-state index is 12.4. The lowest BCUT2D eigenvalue weighted by Crippen LogP contribution is -2.44. The van der Waals surface area contributed by atoms with Crippen molar-refractivity contribution in [3.8, 4) is 11.3 Å². The van der Waals surface area contributed by atoms with Crippen LogP contribution in [0.4, 0.5) is 22.0 Å². The first-order valence-electron chi connectivity index (χ1n) is 11.0. The van der Waals surface area contributed by atoms with Crippen LogP contribution in [-0.2, 0) is 0 Å². The molecule has 0 radical (unpaired) electrons. The van der Waals surface area contributed by atoms with Gasteiger partial charge in [-0.2, -0.15) is 0 Å². The molecule has 0 bridgehead atoms. The number of carbonyl (C=O) groups excluding carboxylic acids is 1. The number of carbonyl (C=O) groups is 1. The van der Waals surface area contributed by atoms with E-state index in [0.717, 1.165) is 48.9 Å². The first-order chi connectivity index (χ1) is 15.5. The molecule has 7 nitrogen and oxygen atoms in total.